The van der Waals surface area contributed by atoms with Crippen LogP contribution in [0.5, 0.6) is 0 Å². The topological polar surface area (TPSA) is 80.7 Å². The number of para-hydroxylation sites is 3. The molecule has 10 nitrogen and oxygen atoms in total. The maximum Gasteiger partial charge on any atom is 0.416 e. The zero-order chi connectivity index (χ0) is 59.3. The Hall–Kier alpha value is -9.36. The zero-order valence-corrected chi connectivity index (χ0v) is 49.4. The number of aryl methyl sites for hydroxylation is 8. The summed E-state index contributed by atoms with van der Waals surface area (Å²) >= 11 is 0. The standard InChI is InChI=1S/C14H13F3N2.3C14H16N2.C13H14N2/c1-10-4-3-5-13(18-10)19(2)12-8-6-11(7-9-12)14(15,16)17;1-11-4-7-13(8-5-11)16(3)14-9-6-12(2)10-15-14;1-11-9-12(2)15-14(10-11)16(3)13-7-5-4-6-8-13;1-11-9-10-12(2)15-14(11)16(3)13-7-5-4-6-8-13;1-11-8-9-13(14-10-11)15(2)12-6-4-3-5-7-12/h3-9H,1-2H3;3*4-10H,1-3H3;3-10H,1-2H3. The van der Waals surface area contributed by atoms with E-state index < -0.39 is 11.7 Å². The molecule has 0 amide bonds. The number of anilines is 10. The summed E-state index contributed by atoms with van der Waals surface area (Å²) in [7, 11) is 9.90. The Balaban J connectivity index is 0.000000165. The third-order valence-corrected chi connectivity index (χ3v) is 13.1. The molecule has 5 heterocycles. The Kier molecular flexibility index (Phi) is 22.4. The van der Waals surface area contributed by atoms with E-state index in [0.29, 0.717) is 11.5 Å². The lowest BCUT2D eigenvalue weighted by Crippen LogP contribution is -2.12. The van der Waals surface area contributed by atoms with Crippen molar-refractivity contribution in [1.82, 2.24) is 24.9 Å². The quantitative estimate of drug-likeness (QED) is 0.132. The van der Waals surface area contributed by atoms with Crippen LogP contribution in [0.15, 0.2) is 219 Å². The highest BCUT2D eigenvalue weighted by Crippen LogP contribution is 2.32. The van der Waals surface area contributed by atoms with Crippen molar-refractivity contribution < 1.29 is 13.2 Å². The number of pyridine rings is 5. The van der Waals surface area contributed by atoms with Crippen LogP contribution in [0.3, 0.4) is 0 Å². The van der Waals surface area contributed by atoms with Crippen LogP contribution in [0.2, 0.25) is 0 Å². The number of hydrogen-bond donors (Lipinski definition) is 0. The van der Waals surface area contributed by atoms with E-state index in [9.17, 15) is 13.2 Å². The summed E-state index contributed by atoms with van der Waals surface area (Å²) in [6, 6.07) is 66.3. The van der Waals surface area contributed by atoms with Crippen LogP contribution in [-0.2, 0) is 6.18 Å². The van der Waals surface area contributed by atoms with Crippen molar-refractivity contribution in [2.45, 2.75) is 61.6 Å². The Morgan fingerprint density at radius 3 is 1.15 bits per heavy atom. The molecule has 5 aromatic heterocycles. The maximum atomic E-state index is 12.5. The van der Waals surface area contributed by atoms with Gasteiger partial charge in [-0.15, -0.1) is 0 Å². The number of alkyl halides is 3. The lowest BCUT2D eigenvalue weighted by molar-refractivity contribution is -0.137. The Morgan fingerprint density at radius 2 is 0.707 bits per heavy atom. The van der Waals surface area contributed by atoms with Gasteiger partial charge in [0.25, 0.3) is 0 Å². The minimum atomic E-state index is -4.31. The van der Waals surface area contributed by atoms with Gasteiger partial charge in [-0.05, 0) is 193 Å². The summed E-state index contributed by atoms with van der Waals surface area (Å²) in [4.78, 5) is 32.3. The van der Waals surface area contributed by atoms with Crippen LogP contribution in [0.4, 0.5) is 70.7 Å². The van der Waals surface area contributed by atoms with Crippen molar-refractivity contribution >= 4 is 57.5 Å². The number of aromatic nitrogens is 5. The molecule has 0 atom stereocenters. The minimum Gasteiger partial charge on any atom is -0.329 e. The van der Waals surface area contributed by atoms with Crippen LogP contribution < -0.4 is 24.5 Å². The predicted octanol–water partition coefficient (Wildman–Crippen LogP) is 17.7. The number of hydrogen-bond acceptors (Lipinski definition) is 10. The van der Waals surface area contributed by atoms with E-state index in [1.54, 1.807) is 11.9 Å². The van der Waals surface area contributed by atoms with E-state index in [4.69, 9.17) is 0 Å². The summed E-state index contributed by atoms with van der Waals surface area (Å²) in [5.41, 5.74) is 13.6. The van der Waals surface area contributed by atoms with Gasteiger partial charge in [-0.25, -0.2) is 24.9 Å². The van der Waals surface area contributed by atoms with Crippen LogP contribution in [0.1, 0.15) is 50.5 Å². The largest absolute Gasteiger partial charge is 0.416 e. The van der Waals surface area contributed by atoms with Gasteiger partial charge in [-0.2, -0.15) is 13.2 Å². The average molecular weight is 1100 g/mol. The number of halogens is 3. The first-order valence-electron chi connectivity index (χ1n) is 26.9. The number of rotatable bonds is 10. The first kappa shape index (κ1) is 61.8. The molecule has 0 saturated heterocycles. The van der Waals surface area contributed by atoms with Gasteiger partial charge in [0.1, 0.15) is 29.1 Å². The summed E-state index contributed by atoms with van der Waals surface area (Å²) in [6.07, 6.45) is -0.534. The Bertz CT molecular complexity index is 3430. The molecule has 0 aliphatic heterocycles. The van der Waals surface area contributed by atoms with Crippen LogP contribution in [0.25, 0.3) is 0 Å². The Labute approximate surface area is 483 Å². The third-order valence-electron chi connectivity index (χ3n) is 13.1. The van der Waals surface area contributed by atoms with E-state index >= 15 is 0 Å². The van der Waals surface area contributed by atoms with Gasteiger partial charge in [-0.3, -0.25) is 0 Å². The van der Waals surface area contributed by atoms with Gasteiger partial charge < -0.3 is 24.5 Å². The summed E-state index contributed by atoms with van der Waals surface area (Å²) in [5.74, 6) is 4.64. The first-order valence-corrected chi connectivity index (χ1v) is 26.9. The monoisotopic (exact) mass is 1100 g/mol. The summed E-state index contributed by atoms with van der Waals surface area (Å²) in [6.45, 7) is 16.3. The molecule has 5 aromatic carbocycles. The SMILES string of the molecule is Cc1cc(C)nc(N(C)c2ccccc2)c1.Cc1ccc(C)c(N(C)c2ccccc2)n1.Cc1ccc(N(C)c2ccc(C)cn2)cc1.Cc1ccc(N(C)c2ccccc2)nc1.Cc1cccc(N(C)c2ccc(C(F)(F)F)cc2)n1. The normalized spacial score (nSPS) is 10.4. The second kappa shape index (κ2) is 29.7. The van der Waals surface area contributed by atoms with Crippen molar-refractivity contribution in [1.29, 1.82) is 0 Å². The molecule has 10 aromatic rings. The molecule has 10 rings (SSSR count). The van der Waals surface area contributed by atoms with Gasteiger partial charge >= 0.3 is 6.18 Å². The molecule has 0 N–H and O–H groups in total. The van der Waals surface area contributed by atoms with Gasteiger partial charge in [0.05, 0.1) is 5.56 Å². The average Bonchev–Trinajstić information content (AvgIpc) is 3.51. The molecule has 0 bridgehead atoms. The van der Waals surface area contributed by atoms with Gasteiger partial charge in [0.2, 0.25) is 0 Å². The molecule has 0 fully saturated rings. The molecule has 13 heteroatoms. The predicted molar refractivity (Wildman–Crippen MR) is 337 cm³/mol. The van der Waals surface area contributed by atoms with Gasteiger partial charge in [0.15, 0.2) is 0 Å². The second-order valence-electron chi connectivity index (χ2n) is 19.9. The molecule has 0 aliphatic rings. The molecule has 0 radical (unpaired) electrons. The van der Waals surface area contributed by atoms with Crippen molar-refractivity contribution in [3.8, 4) is 0 Å². The number of benzene rings is 5. The third kappa shape index (κ3) is 18.6. The molecule has 0 aliphatic carbocycles. The highest BCUT2D eigenvalue weighted by molar-refractivity contribution is 5.64. The van der Waals surface area contributed by atoms with Crippen molar-refractivity contribution in [2.75, 3.05) is 59.7 Å². The van der Waals surface area contributed by atoms with E-state index in [1.165, 1.54) is 39.9 Å². The van der Waals surface area contributed by atoms with Crippen LogP contribution in [-0.4, -0.2) is 60.2 Å². The smallest absolute Gasteiger partial charge is 0.329 e. The van der Waals surface area contributed by atoms with Crippen molar-refractivity contribution in [3.05, 3.63) is 269 Å². The second-order valence-corrected chi connectivity index (χ2v) is 19.9. The van der Waals surface area contributed by atoms with E-state index in [0.717, 1.165) is 75.2 Å². The molecule has 0 spiro atoms. The summed E-state index contributed by atoms with van der Waals surface area (Å²) < 4.78 is 37.4. The molecule has 422 valence electrons. The van der Waals surface area contributed by atoms with Gasteiger partial charge in [-0.1, -0.05) is 96.6 Å². The highest BCUT2D eigenvalue weighted by Gasteiger charge is 2.30. The first-order chi connectivity index (χ1) is 39.2. The van der Waals surface area contributed by atoms with E-state index in [1.807, 2.05) is 166 Å². The van der Waals surface area contributed by atoms with Crippen LogP contribution in [0, 0.1) is 55.4 Å². The lowest BCUT2D eigenvalue weighted by atomic mass is 10.2. The van der Waals surface area contributed by atoms with Crippen LogP contribution >= 0.6 is 0 Å². The fourth-order valence-corrected chi connectivity index (χ4v) is 8.22. The van der Waals surface area contributed by atoms with Crippen molar-refractivity contribution in [3.63, 3.8) is 0 Å². The highest BCUT2D eigenvalue weighted by atomic mass is 19.4. The maximum absolute atomic E-state index is 12.5. The molecular weight excluding hydrogens is 1030 g/mol. The van der Waals surface area contributed by atoms with E-state index in [-0.39, 0.29) is 0 Å². The fourth-order valence-electron chi connectivity index (χ4n) is 8.22. The molecule has 82 heavy (non-hydrogen) atoms. The summed E-state index contributed by atoms with van der Waals surface area (Å²) in [5, 5.41) is 0. The number of nitrogens with zero attached hydrogens (tertiary/aromatic N) is 10. The van der Waals surface area contributed by atoms with Crippen molar-refractivity contribution in [2.24, 2.45) is 0 Å². The van der Waals surface area contributed by atoms with Gasteiger partial charge in [0, 0.05) is 93.2 Å². The lowest BCUT2D eigenvalue weighted by Gasteiger charge is -2.20. The molecule has 0 unspecified atom stereocenters. The molecule has 0 saturated carbocycles. The fraction of sp³-hybridized carbons (Fsp3) is 0.203. The molecular formula is C69H75F3N10. The zero-order valence-electron chi connectivity index (χ0n) is 49.4. The Morgan fingerprint density at radius 1 is 0.305 bits per heavy atom. The minimum absolute atomic E-state index is 0.651. The van der Waals surface area contributed by atoms with E-state index in [2.05, 4.69) is 156 Å².